The monoisotopic (exact) mass is 880 g/mol. The van der Waals surface area contributed by atoms with Crippen LogP contribution in [0, 0.1) is 27.0 Å². The molecule has 0 unspecified atom stereocenters. The van der Waals surface area contributed by atoms with Gasteiger partial charge in [0.2, 0.25) is 11.8 Å². The number of alkyl halides is 1. The molecule has 6 heterocycles. The maximum atomic E-state index is 12.8. The Balaban J connectivity index is 0.000000169. The van der Waals surface area contributed by atoms with Gasteiger partial charge in [0.25, 0.3) is 34.0 Å². The van der Waals surface area contributed by atoms with Gasteiger partial charge in [0.05, 0.1) is 19.4 Å². The molecule has 0 saturated carbocycles. The quantitative estimate of drug-likeness (QED) is 0.123. The van der Waals surface area contributed by atoms with Gasteiger partial charge in [-0.3, -0.25) is 14.2 Å². The molecule has 8 rings (SSSR count). The highest BCUT2D eigenvalue weighted by Crippen LogP contribution is 2.18. The second-order valence-corrected chi connectivity index (χ2v) is 14.1. The van der Waals surface area contributed by atoms with Crippen LogP contribution in [0.2, 0.25) is 10.0 Å². The van der Waals surface area contributed by atoms with E-state index in [1.165, 1.54) is 32.7 Å². The molecule has 0 saturated heterocycles. The van der Waals surface area contributed by atoms with E-state index in [4.69, 9.17) is 56.8 Å². The third kappa shape index (κ3) is 10.9. The van der Waals surface area contributed by atoms with Crippen LogP contribution in [0.4, 0.5) is 11.6 Å². The smallest absolute Gasteiger partial charge is 0.391 e. The first-order chi connectivity index (χ1) is 29.3. The summed E-state index contributed by atoms with van der Waals surface area (Å²) in [6.45, 7) is 18.1. The zero-order chi connectivity index (χ0) is 43.6. The zero-order valence-corrected chi connectivity index (χ0v) is 34.4. The Morgan fingerprint density at radius 1 is 0.705 bits per heavy atom. The van der Waals surface area contributed by atoms with Crippen molar-refractivity contribution in [2.75, 3.05) is 0 Å². The molecule has 0 atom stereocenters. The van der Waals surface area contributed by atoms with Gasteiger partial charge in [-0.1, -0.05) is 70.6 Å². The molecule has 0 spiro atoms. The van der Waals surface area contributed by atoms with Gasteiger partial charge in [-0.05, 0) is 85.3 Å². The van der Waals surface area contributed by atoms with E-state index in [0.29, 0.717) is 58.0 Å². The second kappa shape index (κ2) is 19.7. The fourth-order valence-corrected chi connectivity index (χ4v) is 6.16. The van der Waals surface area contributed by atoms with Crippen LogP contribution in [0.25, 0.3) is 31.8 Å². The molecule has 0 aliphatic carbocycles. The third-order valence-corrected chi connectivity index (χ3v) is 9.50. The Bertz CT molecular complexity index is 3180. The Morgan fingerprint density at radius 3 is 1.70 bits per heavy atom. The summed E-state index contributed by atoms with van der Waals surface area (Å²) in [5.74, 6) is -0.197. The molecule has 1 N–H and O–H groups in total. The molecule has 308 valence electrons. The highest BCUT2D eigenvalue weighted by Gasteiger charge is 2.16. The van der Waals surface area contributed by atoms with Crippen LogP contribution in [-0.2, 0) is 38.4 Å². The topological polar surface area (TPSA) is 211 Å². The van der Waals surface area contributed by atoms with Gasteiger partial charge >= 0.3 is 11.5 Å². The first-order valence-electron chi connectivity index (χ1n) is 18.0. The maximum Gasteiger partial charge on any atom is 0.437 e. The van der Waals surface area contributed by atoms with Crippen molar-refractivity contribution in [3.63, 3.8) is 0 Å². The number of fused-ring (bicyclic) bond motifs is 2. The predicted octanol–water partition coefficient (Wildman–Crippen LogP) is 6.39. The van der Waals surface area contributed by atoms with Gasteiger partial charge in [0, 0.05) is 10.0 Å². The Labute approximate surface area is 359 Å². The van der Waals surface area contributed by atoms with Gasteiger partial charge in [0.1, 0.15) is 29.5 Å². The number of hydrogen-bond acceptors (Lipinski definition) is 12. The second-order valence-electron chi connectivity index (χ2n) is 13.0. The molecule has 2 aromatic carbocycles. The van der Waals surface area contributed by atoms with E-state index in [-0.39, 0.29) is 52.6 Å². The van der Waals surface area contributed by atoms with Gasteiger partial charge in [-0.25, -0.2) is 9.59 Å². The highest BCUT2D eigenvalue weighted by molar-refractivity contribution is 6.30. The lowest BCUT2D eigenvalue weighted by Crippen LogP contribution is -2.22. The number of halogens is 3. The summed E-state index contributed by atoms with van der Waals surface area (Å²) in [7, 11) is 0. The summed E-state index contributed by atoms with van der Waals surface area (Å²) in [5.41, 5.74) is 3.36. The molecule has 0 aliphatic rings. The minimum atomic E-state index is -0.597. The van der Waals surface area contributed by atoms with E-state index < -0.39 is 11.5 Å². The first kappa shape index (κ1) is 43.3. The van der Waals surface area contributed by atoms with Gasteiger partial charge in [-0.15, -0.1) is 21.8 Å². The average Bonchev–Trinajstić information content (AvgIpc) is 3.80. The highest BCUT2D eigenvalue weighted by atomic mass is 35.5. The van der Waals surface area contributed by atoms with Crippen LogP contribution < -0.4 is 22.6 Å². The lowest BCUT2D eigenvalue weighted by atomic mass is 10.1. The first-order valence-corrected chi connectivity index (χ1v) is 19.3. The molecule has 21 heteroatoms. The van der Waals surface area contributed by atoms with Crippen molar-refractivity contribution in [1.82, 2.24) is 49.0 Å². The molecule has 0 radical (unpaired) electrons. The van der Waals surface area contributed by atoms with Crippen molar-refractivity contribution in [3.05, 3.63) is 182 Å². The lowest BCUT2D eigenvalue weighted by molar-refractivity contribution is 0.434. The van der Waals surface area contributed by atoms with E-state index in [1.54, 1.807) is 32.0 Å². The molecule has 0 aliphatic heterocycles. The number of pyridine rings is 2. The van der Waals surface area contributed by atoms with Crippen molar-refractivity contribution in [2.45, 2.75) is 52.2 Å². The van der Waals surface area contributed by atoms with Crippen molar-refractivity contribution < 1.29 is 8.83 Å². The number of nitrogens with one attached hydrogen (secondary N) is 1. The van der Waals surface area contributed by atoms with Crippen LogP contribution in [0.3, 0.4) is 0 Å². The lowest BCUT2D eigenvalue weighted by Gasteiger charge is -2.04. The standard InChI is InChI=1S/C20H15ClN6O3.C11H10Cl2N2O2.C9H6N4O/c1-12-9-15(22-2)24-18-17(12)19(28)26(11-23-18)10-16-25-27(20(29)30-16)8-7-13-3-5-14(21)6-4-13;12-7-10-14-15(11(16)17-10)6-5-8-1-3-9(13)4-2-8;1-5-3-6(10-2)13-8-7(5)9(14)12-4-11-8/h3-6,9,11H,7-8,10H2,1H3;1-4H,5-7H2;3-4H,1H3,(H,11,12,13,14). The van der Waals surface area contributed by atoms with E-state index in [2.05, 4.69) is 44.8 Å². The van der Waals surface area contributed by atoms with E-state index >= 15 is 0 Å². The number of aryl methyl sites for hydroxylation is 6. The van der Waals surface area contributed by atoms with Gasteiger partial charge in [0.15, 0.2) is 0 Å². The van der Waals surface area contributed by atoms with E-state index in [0.717, 1.165) is 16.7 Å². The number of nitrogens with zero attached hydrogens (tertiary/aromatic N) is 11. The summed E-state index contributed by atoms with van der Waals surface area (Å²) >= 11 is 17.2. The number of aromatic amines is 1. The van der Waals surface area contributed by atoms with E-state index in [9.17, 15) is 19.2 Å². The van der Waals surface area contributed by atoms with Crippen LogP contribution in [0.5, 0.6) is 0 Å². The maximum absolute atomic E-state index is 12.8. The van der Waals surface area contributed by atoms with Crippen LogP contribution >= 0.6 is 34.8 Å². The number of benzene rings is 2. The molecule has 0 fully saturated rings. The Hall–Kier alpha value is -7.25. The zero-order valence-electron chi connectivity index (χ0n) is 32.2. The molecule has 8 aromatic rings. The summed E-state index contributed by atoms with van der Waals surface area (Å²) in [6.07, 6.45) is 3.85. The Kier molecular flexibility index (Phi) is 14.0. The molecule has 0 bridgehead atoms. The fraction of sp³-hybridized carbons (Fsp3) is 0.200. The molecule has 0 amide bonds. The SMILES string of the molecule is O=c1oc(CCl)nn1CCc1ccc(Cl)cc1.[C-]#[N+]c1cc(C)c2c(=O)[nH]cnc2n1.[C-]#[N+]c1cc(C)c2c(=O)n(Cc3nn(CCc4ccc(Cl)cc4)c(=O)o3)cnc2n1. The molecular weight excluding hydrogens is 851 g/mol. The van der Waals surface area contributed by atoms with Crippen LogP contribution in [-0.4, -0.2) is 49.0 Å². The van der Waals surface area contributed by atoms with E-state index in [1.807, 2.05) is 36.4 Å². The van der Waals surface area contributed by atoms with Crippen molar-refractivity contribution >= 4 is 68.5 Å². The predicted molar refractivity (Wildman–Crippen MR) is 226 cm³/mol. The number of H-pyrrole nitrogens is 1. The number of hydrogen-bond donors (Lipinski definition) is 1. The van der Waals surface area contributed by atoms with Crippen molar-refractivity contribution in [3.8, 4) is 0 Å². The molecule has 61 heavy (non-hydrogen) atoms. The summed E-state index contributed by atoms with van der Waals surface area (Å²) < 4.78 is 13.8. The fourth-order valence-electron chi connectivity index (χ4n) is 5.80. The van der Waals surface area contributed by atoms with Crippen LogP contribution in [0.15, 0.2) is 101 Å². The van der Waals surface area contributed by atoms with Crippen molar-refractivity contribution in [2.24, 2.45) is 0 Å². The largest absolute Gasteiger partial charge is 0.437 e. The minimum absolute atomic E-state index is 0.0467. The van der Waals surface area contributed by atoms with Crippen molar-refractivity contribution in [1.29, 1.82) is 0 Å². The summed E-state index contributed by atoms with van der Waals surface area (Å²) in [5, 5.41) is 10.2. The van der Waals surface area contributed by atoms with Gasteiger partial charge in [-0.2, -0.15) is 19.3 Å². The van der Waals surface area contributed by atoms with Gasteiger partial charge < -0.3 is 23.5 Å². The summed E-state index contributed by atoms with van der Waals surface area (Å²) in [4.78, 5) is 72.6. The third-order valence-electron chi connectivity index (χ3n) is 8.77. The minimum Gasteiger partial charge on any atom is -0.391 e. The Morgan fingerprint density at radius 2 is 1.20 bits per heavy atom. The number of aromatic nitrogens is 10. The molecular formula is C40H31Cl3N12O6. The molecule has 6 aromatic heterocycles. The normalized spacial score (nSPS) is 10.7. The average molecular weight is 882 g/mol. The molecule has 18 nitrogen and oxygen atoms in total. The number of rotatable bonds is 9. The van der Waals surface area contributed by atoms with Crippen LogP contribution in [0.1, 0.15) is 34.0 Å². The summed E-state index contributed by atoms with van der Waals surface area (Å²) in [6, 6.07) is 17.9.